The molecule has 3 rings (SSSR count). The van der Waals surface area contributed by atoms with E-state index in [2.05, 4.69) is 20.6 Å². The highest BCUT2D eigenvalue weighted by Crippen LogP contribution is 2.28. The SMILES string of the molecule is C[C@H](NC(=O)CN1Cc2c(Cl)cncc2NC1=O)c1ncc(F)cc1F. The van der Waals surface area contributed by atoms with Crippen LogP contribution >= 0.6 is 11.6 Å². The molecule has 2 aromatic rings. The van der Waals surface area contributed by atoms with Crippen molar-refractivity contribution in [1.82, 2.24) is 20.2 Å². The lowest BCUT2D eigenvalue weighted by Gasteiger charge is -2.29. The van der Waals surface area contributed by atoms with Gasteiger partial charge in [-0.15, -0.1) is 0 Å². The van der Waals surface area contributed by atoms with E-state index in [1.165, 1.54) is 24.2 Å². The Morgan fingerprint density at radius 2 is 2.19 bits per heavy atom. The van der Waals surface area contributed by atoms with E-state index in [9.17, 15) is 18.4 Å². The van der Waals surface area contributed by atoms with E-state index in [0.29, 0.717) is 22.3 Å². The van der Waals surface area contributed by atoms with Crippen LogP contribution in [0.15, 0.2) is 24.7 Å². The van der Waals surface area contributed by atoms with Crippen molar-refractivity contribution in [1.29, 1.82) is 0 Å². The average molecular weight is 382 g/mol. The van der Waals surface area contributed by atoms with Crippen LogP contribution in [-0.2, 0) is 11.3 Å². The number of urea groups is 1. The molecule has 1 aliphatic heterocycles. The van der Waals surface area contributed by atoms with E-state index in [0.717, 1.165) is 6.20 Å². The first kappa shape index (κ1) is 18.0. The van der Waals surface area contributed by atoms with Crippen LogP contribution in [-0.4, -0.2) is 33.4 Å². The van der Waals surface area contributed by atoms with Crippen molar-refractivity contribution in [2.24, 2.45) is 0 Å². The van der Waals surface area contributed by atoms with Gasteiger partial charge in [0.05, 0.1) is 41.4 Å². The van der Waals surface area contributed by atoms with Crippen LogP contribution < -0.4 is 10.6 Å². The molecule has 0 radical (unpaired) electrons. The lowest BCUT2D eigenvalue weighted by atomic mass is 10.1. The molecule has 0 saturated carbocycles. The van der Waals surface area contributed by atoms with Gasteiger partial charge in [0.25, 0.3) is 0 Å². The van der Waals surface area contributed by atoms with Crippen molar-refractivity contribution in [3.8, 4) is 0 Å². The molecule has 0 aliphatic carbocycles. The summed E-state index contributed by atoms with van der Waals surface area (Å²) in [6.07, 6.45) is 3.79. The molecule has 26 heavy (non-hydrogen) atoms. The summed E-state index contributed by atoms with van der Waals surface area (Å²) in [5.74, 6) is -2.19. The average Bonchev–Trinajstić information content (AvgIpc) is 2.56. The number of nitrogens with one attached hydrogen (secondary N) is 2. The van der Waals surface area contributed by atoms with Gasteiger partial charge in [-0.2, -0.15) is 0 Å². The normalized spacial score (nSPS) is 14.5. The van der Waals surface area contributed by atoms with Crippen molar-refractivity contribution < 1.29 is 18.4 Å². The maximum atomic E-state index is 13.7. The van der Waals surface area contributed by atoms with E-state index in [-0.39, 0.29) is 18.8 Å². The van der Waals surface area contributed by atoms with Gasteiger partial charge in [-0.25, -0.2) is 13.6 Å². The van der Waals surface area contributed by atoms with Gasteiger partial charge in [0.15, 0.2) is 0 Å². The second-order valence-electron chi connectivity index (χ2n) is 5.74. The van der Waals surface area contributed by atoms with Gasteiger partial charge < -0.3 is 15.5 Å². The zero-order valence-corrected chi connectivity index (χ0v) is 14.3. The number of hydrogen-bond acceptors (Lipinski definition) is 4. The zero-order chi connectivity index (χ0) is 18.8. The summed E-state index contributed by atoms with van der Waals surface area (Å²) in [5.41, 5.74) is 1.04. The van der Waals surface area contributed by atoms with Crippen LogP contribution in [0.1, 0.15) is 24.2 Å². The fraction of sp³-hybridized carbons (Fsp3) is 0.250. The number of carbonyl (C=O) groups is 2. The van der Waals surface area contributed by atoms with Gasteiger partial charge in [-0.05, 0) is 6.92 Å². The van der Waals surface area contributed by atoms with Crippen molar-refractivity contribution in [2.45, 2.75) is 19.5 Å². The number of amides is 3. The Balaban J connectivity index is 1.66. The standard InChI is InChI=1S/C16H14ClF2N5O2/c1-8(15-12(19)2-9(18)3-21-15)22-14(25)7-24-6-10-11(17)4-20-5-13(10)23-16(24)26/h2-5,8H,6-7H2,1H3,(H,22,25)(H,23,26)/t8-/m0/s1. The number of rotatable bonds is 4. The van der Waals surface area contributed by atoms with Crippen LogP contribution in [0.5, 0.6) is 0 Å². The maximum absolute atomic E-state index is 13.7. The lowest BCUT2D eigenvalue weighted by Crippen LogP contribution is -2.45. The summed E-state index contributed by atoms with van der Waals surface area (Å²) in [6, 6.07) is -0.581. The predicted octanol–water partition coefficient (Wildman–Crippen LogP) is 2.63. The monoisotopic (exact) mass is 381 g/mol. The molecule has 0 saturated heterocycles. The summed E-state index contributed by atoms with van der Waals surface area (Å²) in [7, 11) is 0. The van der Waals surface area contributed by atoms with Crippen LogP contribution in [0.2, 0.25) is 5.02 Å². The van der Waals surface area contributed by atoms with Gasteiger partial charge in [0.2, 0.25) is 5.91 Å². The minimum atomic E-state index is -0.860. The maximum Gasteiger partial charge on any atom is 0.322 e. The highest BCUT2D eigenvalue weighted by atomic mass is 35.5. The zero-order valence-electron chi connectivity index (χ0n) is 13.6. The minimum Gasteiger partial charge on any atom is -0.346 e. The van der Waals surface area contributed by atoms with Gasteiger partial charge in [0, 0.05) is 17.8 Å². The van der Waals surface area contributed by atoms with Crippen molar-refractivity contribution in [3.63, 3.8) is 0 Å². The van der Waals surface area contributed by atoms with E-state index in [1.807, 2.05) is 0 Å². The second kappa shape index (κ2) is 7.20. The topological polar surface area (TPSA) is 87.2 Å². The largest absolute Gasteiger partial charge is 0.346 e. The Morgan fingerprint density at radius 1 is 1.42 bits per heavy atom. The van der Waals surface area contributed by atoms with Gasteiger partial charge in [-0.3, -0.25) is 14.8 Å². The number of halogens is 3. The third kappa shape index (κ3) is 3.72. The highest BCUT2D eigenvalue weighted by molar-refractivity contribution is 6.31. The molecule has 0 spiro atoms. The fourth-order valence-corrected chi connectivity index (χ4v) is 2.81. The van der Waals surface area contributed by atoms with E-state index in [1.54, 1.807) is 0 Å². The summed E-state index contributed by atoms with van der Waals surface area (Å²) in [4.78, 5) is 33.1. The number of nitrogens with zero attached hydrogens (tertiary/aromatic N) is 3. The molecule has 2 N–H and O–H groups in total. The number of aromatic nitrogens is 2. The minimum absolute atomic E-state index is 0.0951. The molecular weight excluding hydrogens is 368 g/mol. The van der Waals surface area contributed by atoms with E-state index >= 15 is 0 Å². The molecular formula is C16H14ClF2N5O2. The summed E-state index contributed by atoms with van der Waals surface area (Å²) in [5, 5.41) is 5.51. The smallest absolute Gasteiger partial charge is 0.322 e. The Morgan fingerprint density at radius 3 is 2.92 bits per heavy atom. The lowest BCUT2D eigenvalue weighted by molar-refractivity contribution is -0.122. The first-order valence-electron chi connectivity index (χ1n) is 7.63. The first-order chi connectivity index (χ1) is 12.3. The molecule has 2 aromatic heterocycles. The van der Waals surface area contributed by atoms with Gasteiger partial charge >= 0.3 is 6.03 Å². The molecule has 0 unspecified atom stereocenters. The molecule has 1 atom stereocenters. The van der Waals surface area contributed by atoms with Crippen LogP contribution in [0.3, 0.4) is 0 Å². The predicted molar refractivity (Wildman–Crippen MR) is 89.4 cm³/mol. The molecule has 0 aromatic carbocycles. The molecule has 3 amide bonds. The van der Waals surface area contributed by atoms with Crippen molar-refractivity contribution in [2.75, 3.05) is 11.9 Å². The van der Waals surface area contributed by atoms with Crippen LogP contribution in [0.25, 0.3) is 0 Å². The highest BCUT2D eigenvalue weighted by Gasteiger charge is 2.27. The van der Waals surface area contributed by atoms with Crippen molar-refractivity contribution >= 4 is 29.2 Å². The Bertz CT molecular complexity index is 880. The molecule has 1 aliphatic rings. The van der Waals surface area contributed by atoms with Crippen LogP contribution in [0.4, 0.5) is 19.3 Å². The van der Waals surface area contributed by atoms with E-state index in [4.69, 9.17) is 11.6 Å². The molecule has 7 nitrogen and oxygen atoms in total. The second-order valence-corrected chi connectivity index (χ2v) is 6.15. The summed E-state index contributed by atoms with van der Waals surface area (Å²) < 4.78 is 26.7. The van der Waals surface area contributed by atoms with Gasteiger partial charge in [0.1, 0.15) is 18.2 Å². The van der Waals surface area contributed by atoms with E-state index < -0.39 is 29.6 Å². The Labute approximate surface area is 152 Å². The number of hydrogen-bond donors (Lipinski definition) is 2. The number of fused-ring (bicyclic) bond motifs is 1. The summed E-state index contributed by atoms with van der Waals surface area (Å²) >= 11 is 6.06. The molecule has 136 valence electrons. The fourth-order valence-electron chi connectivity index (χ4n) is 2.59. The Hall–Kier alpha value is -2.81. The number of carbonyl (C=O) groups excluding carboxylic acids is 2. The number of anilines is 1. The third-order valence-corrected chi connectivity index (χ3v) is 4.17. The molecule has 10 heteroatoms. The third-order valence-electron chi connectivity index (χ3n) is 3.84. The van der Waals surface area contributed by atoms with Gasteiger partial charge in [-0.1, -0.05) is 11.6 Å². The number of pyridine rings is 2. The molecule has 0 bridgehead atoms. The van der Waals surface area contributed by atoms with Crippen molar-refractivity contribution in [3.05, 3.63) is 52.6 Å². The molecule has 3 heterocycles. The quantitative estimate of drug-likeness (QED) is 0.852. The Kier molecular flexibility index (Phi) is 4.99. The summed E-state index contributed by atoms with van der Waals surface area (Å²) in [6.45, 7) is 1.37. The van der Waals surface area contributed by atoms with Crippen LogP contribution in [0, 0.1) is 11.6 Å². The first-order valence-corrected chi connectivity index (χ1v) is 8.01. The molecule has 0 fully saturated rings.